The first-order valence-corrected chi connectivity index (χ1v) is 6.39. The molecule has 0 bridgehead atoms. The van der Waals surface area contributed by atoms with Gasteiger partial charge in [0.15, 0.2) is 0 Å². The summed E-state index contributed by atoms with van der Waals surface area (Å²) in [6.45, 7) is 0.481. The lowest BCUT2D eigenvalue weighted by molar-refractivity contribution is 0.0954. The van der Waals surface area contributed by atoms with Gasteiger partial charge in [-0.25, -0.2) is 9.97 Å². The molecule has 1 aromatic carbocycles. The number of hydrogen-bond acceptors (Lipinski definition) is 3. The molecule has 0 aliphatic rings. The highest BCUT2D eigenvalue weighted by molar-refractivity contribution is 6.35. The molecule has 0 radical (unpaired) electrons. The van der Waals surface area contributed by atoms with Crippen LogP contribution in [-0.2, 0) is 6.42 Å². The topological polar surface area (TPSA) is 54.9 Å². The van der Waals surface area contributed by atoms with Crippen LogP contribution in [-0.4, -0.2) is 22.4 Å². The predicted octanol–water partition coefficient (Wildman–Crippen LogP) is 2.76. The van der Waals surface area contributed by atoms with Crippen molar-refractivity contribution in [1.82, 2.24) is 15.3 Å². The minimum absolute atomic E-state index is 0.246. The molecule has 2 aromatic rings. The number of hydrogen-bond donors (Lipinski definition) is 1. The van der Waals surface area contributed by atoms with Crippen molar-refractivity contribution in [3.63, 3.8) is 0 Å². The van der Waals surface area contributed by atoms with Crippen LogP contribution in [0, 0.1) is 0 Å². The lowest BCUT2D eigenvalue weighted by atomic mass is 10.2. The van der Waals surface area contributed by atoms with Crippen molar-refractivity contribution >= 4 is 29.1 Å². The average molecular weight is 296 g/mol. The highest BCUT2D eigenvalue weighted by Gasteiger charge is 2.10. The maximum atomic E-state index is 11.9. The molecule has 0 saturated heterocycles. The largest absolute Gasteiger partial charge is 0.352 e. The SMILES string of the molecule is O=C(NCCc1cncnc1)c1cc(Cl)ccc1Cl. The van der Waals surface area contributed by atoms with Gasteiger partial charge in [0.05, 0.1) is 10.6 Å². The third-order valence-corrected chi connectivity index (χ3v) is 3.05. The molecule has 2 rings (SSSR count). The number of halogens is 2. The van der Waals surface area contributed by atoms with Crippen molar-refractivity contribution in [2.24, 2.45) is 0 Å². The third kappa shape index (κ3) is 3.91. The second kappa shape index (κ2) is 6.50. The molecule has 19 heavy (non-hydrogen) atoms. The molecule has 1 amide bonds. The van der Waals surface area contributed by atoms with E-state index in [1.165, 1.54) is 6.33 Å². The predicted molar refractivity (Wildman–Crippen MR) is 74.5 cm³/mol. The van der Waals surface area contributed by atoms with Crippen LogP contribution < -0.4 is 5.32 Å². The molecule has 1 heterocycles. The molecule has 0 spiro atoms. The highest BCUT2D eigenvalue weighted by Crippen LogP contribution is 2.20. The zero-order valence-electron chi connectivity index (χ0n) is 9.94. The van der Waals surface area contributed by atoms with E-state index in [9.17, 15) is 4.79 Å². The molecule has 0 aliphatic heterocycles. The normalized spacial score (nSPS) is 10.2. The van der Waals surface area contributed by atoms with Crippen molar-refractivity contribution in [1.29, 1.82) is 0 Å². The average Bonchev–Trinajstić information content (AvgIpc) is 2.42. The number of carbonyl (C=O) groups excluding carboxylic acids is 1. The molecular formula is C13H11Cl2N3O. The molecule has 1 aromatic heterocycles. The van der Waals surface area contributed by atoms with Crippen molar-refractivity contribution in [2.45, 2.75) is 6.42 Å². The summed E-state index contributed by atoms with van der Waals surface area (Å²) in [5.41, 5.74) is 1.33. The summed E-state index contributed by atoms with van der Waals surface area (Å²) in [7, 11) is 0. The van der Waals surface area contributed by atoms with Gasteiger partial charge in [0.25, 0.3) is 5.91 Å². The van der Waals surface area contributed by atoms with Gasteiger partial charge < -0.3 is 5.32 Å². The molecule has 0 saturated carbocycles. The van der Waals surface area contributed by atoms with E-state index in [0.29, 0.717) is 28.6 Å². The van der Waals surface area contributed by atoms with Crippen LogP contribution >= 0.6 is 23.2 Å². The standard InChI is InChI=1S/C13H11Cl2N3O/c14-10-1-2-12(15)11(5-10)13(19)18-4-3-9-6-16-8-17-7-9/h1-2,5-8H,3-4H2,(H,18,19). The molecular weight excluding hydrogens is 285 g/mol. The molecule has 0 atom stereocenters. The summed E-state index contributed by atoms with van der Waals surface area (Å²) in [4.78, 5) is 19.7. The first kappa shape index (κ1) is 13.8. The van der Waals surface area contributed by atoms with Crippen molar-refractivity contribution in [2.75, 3.05) is 6.54 Å². The van der Waals surface area contributed by atoms with Crippen molar-refractivity contribution < 1.29 is 4.79 Å². The van der Waals surface area contributed by atoms with E-state index < -0.39 is 0 Å². The summed E-state index contributed by atoms with van der Waals surface area (Å²) in [5, 5.41) is 3.64. The molecule has 98 valence electrons. The van der Waals surface area contributed by atoms with Crippen LogP contribution in [0.1, 0.15) is 15.9 Å². The summed E-state index contributed by atoms with van der Waals surface area (Å²) in [6, 6.07) is 4.79. The lowest BCUT2D eigenvalue weighted by Gasteiger charge is -2.07. The smallest absolute Gasteiger partial charge is 0.252 e. The molecule has 0 unspecified atom stereocenters. The van der Waals surface area contributed by atoms with E-state index in [2.05, 4.69) is 15.3 Å². The van der Waals surface area contributed by atoms with Crippen LogP contribution in [0.5, 0.6) is 0 Å². The van der Waals surface area contributed by atoms with E-state index in [4.69, 9.17) is 23.2 Å². The summed E-state index contributed by atoms with van der Waals surface area (Å²) < 4.78 is 0. The Morgan fingerprint density at radius 3 is 2.68 bits per heavy atom. The Morgan fingerprint density at radius 2 is 1.95 bits per heavy atom. The van der Waals surface area contributed by atoms with Gasteiger partial charge >= 0.3 is 0 Å². The number of benzene rings is 1. The van der Waals surface area contributed by atoms with Crippen LogP contribution in [0.25, 0.3) is 0 Å². The number of carbonyl (C=O) groups is 1. The Labute approximate surface area is 120 Å². The van der Waals surface area contributed by atoms with Gasteiger partial charge in [-0.05, 0) is 30.2 Å². The van der Waals surface area contributed by atoms with Gasteiger partial charge in [0.2, 0.25) is 0 Å². The Kier molecular flexibility index (Phi) is 4.71. The van der Waals surface area contributed by atoms with Gasteiger partial charge in [0.1, 0.15) is 6.33 Å². The molecule has 0 fully saturated rings. The fraction of sp³-hybridized carbons (Fsp3) is 0.154. The summed E-state index contributed by atoms with van der Waals surface area (Å²) >= 11 is 11.8. The number of rotatable bonds is 4. The van der Waals surface area contributed by atoms with Crippen LogP contribution in [0.4, 0.5) is 0 Å². The fourth-order valence-corrected chi connectivity index (χ4v) is 1.92. The quantitative estimate of drug-likeness (QED) is 0.944. The van der Waals surface area contributed by atoms with Crippen LogP contribution in [0.15, 0.2) is 36.9 Å². The first-order chi connectivity index (χ1) is 9.16. The van der Waals surface area contributed by atoms with E-state index in [0.717, 1.165) is 5.56 Å². The molecule has 1 N–H and O–H groups in total. The van der Waals surface area contributed by atoms with E-state index in [1.54, 1.807) is 30.6 Å². The van der Waals surface area contributed by atoms with E-state index in [1.807, 2.05) is 0 Å². The van der Waals surface area contributed by atoms with Crippen molar-refractivity contribution in [3.05, 3.63) is 58.1 Å². The Bertz CT molecular complexity index is 575. The second-order valence-electron chi connectivity index (χ2n) is 3.88. The van der Waals surface area contributed by atoms with E-state index in [-0.39, 0.29) is 5.91 Å². The monoisotopic (exact) mass is 295 g/mol. The first-order valence-electron chi connectivity index (χ1n) is 5.64. The van der Waals surface area contributed by atoms with Crippen LogP contribution in [0.3, 0.4) is 0 Å². The Morgan fingerprint density at radius 1 is 1.21 bits per heavy atom. The highest BCUT2D eigenvalue weighted by atomic mass is 35.5. The number of amides is 1. The zero-order valence-corrected chi connectivity index (χ0v) is 11.4. The van der Waals surface area contributed by atoms with Gasteiger partial charge in [-0.1, -0.05) is 23.2 Å². The van der Waals surface area contributed by atoms with Gasteiger partial charge in [-0.15, -0.1) is 0 Å². The number of nitrogens with zero attached hydrogens (tertiary/aromatic N) is 2. The third-order valence-electron chi connectivity index (χ3n) is 2.49. The number of nitrogens with one attached hydrogen (secondary N) is 1. The second-order valence-corrected chi connectivity index (χ2v) is 4.72. The zero-order chi connectivity index (χ0) is 13.7. The lowest BCUT2D eigenvalue weighted by Crippen LogP contribution is -2.26. The molecule has 0 aliphatic carbocycles. The van der Waals surface area contributed by atoms with Gasteiger partial charge in [-0.2, -0.15) is 0 Å². The van der Waals surface area contributed by atoms with Crippen LogP contribution in [0.2, 0.25) is 10.0 Å². The Hall–Kier alpha value is -1.65. The van der Waals surface area contributed by atoms with Gasteiger partial charge in [0, 0.05) is 24.0 Å². The number of aromatic nitrogens is 2. The summed E-state index contributed by atoms with van der Waals surface area (Å²) in [5.74, 6) is -0.246. The Balaban J connectivity index is 1.93. The maximum Gasteiger partial charge on any atom is 0.252 e. The molecule has 6 heteroatoms. The molecule has 4 nitrogen and oxygen atoms in total. The fourth-order valence-electron chi connectivity index (χ4n) is 1.55. The van der Waals surface area contributed by atoms with E-state index >= 15 is 0 Å². The minimum Gasteiger partial charge on any atom is -0.352 e. The van der Waals surface area contributed by atoms with Gasteiger partial charge in [-0.3, -0.25) is 4.79 Å². The van der Waals surface area contributed by atoms with Crippen molar-refractivity contribution in [3.8, 4) is 0 Å². The summed E-state index contributed by atoms with van der Waals surface area (Å²) in [6.07, 6.45) is 5.55. The minimum atomic E-state index is -0.246. The maximum absolute atomic E-state index is 11.9.